The molecule has 2 unspecified atom stereocenters. The number of carbonyl (C=O) groups is 1. The van der Waals surface area contributed by atoms with Crippen molar-refractivity contribution in [1.29, 1.82) is 0 Å². The van der Waals surface area contributed by atoms with E-state index < -0.39 is 34.0 Å². The van der Waals surface area contributed by atoms with Crippen LogP contribution in [0.2, 0.25) is 0 Å². The SMILES string of the molecule is CC(C)CC(N)C(=O)NC1CCCN(S(=O)(=O)c2ccc(F)cc2)C[C@@H]1O. The van der Waals surface area contributed by atoms with Gasteiger partial charge in [0.15, 0.2) is 0 Å². The summed E-state index contributed by atoms with van der Waals surface area (Å²) < 4.78 is 39.7. The van der Waals surface area contributed by atoms with Crippen LogP contribution in [-0.4, -0.2) is 55.0 Å². The van der Waals surface area contributed by atoms with Crippen LogP contribution in [0.3, 0.4) is 0 Å². The zero-order valence-electron chi connectivity index (χ0n) is 15.6. The van der Waals surface area contributed by atoms with Gasteiger partial charge in [-0.1, -0.05) is 13.8 Å². The van der Waals surface area contributed by atoms with E-state index in [9.17, 15) is 22.7 Å². The van der Waals surface area contributed by atoms with Crippen molar-refractivity contribution in [2.75, 3.05) is 13.1 Å². The lowest BCUT2D eigenvalue weighted by atomic mass is 10.0. The van der Waals surface area contributed by atoms with Gasteiger partial charge in [0.05, 0.1) is 23.1 Å². The quantitative estimate of drug-likeness (QED) is 0.654. The molecule has 7 nitrogen and oxygen atoms in total. The zero-order valence-corrected chi connectivity index (χ0v) is 16.5. The Bertz CT molecular complexity index is 739. The monoisotopic (exact) mass is 401 g/mol. The summed E-state index contributed by atoms with van der Waals surface area (Å²) in [5.74, 6) is -0.603. The number of sulfonamides is 1. The van der Waals surface area contributed by atoms with Gasteiger partial charge in [0.25, 0.3) is 0 Å². The third-order valence-electron chi connectivity index (χ3n) is 4.62. The molecule has 1 amide bonds. The predicted molar refractivity (Wildman–Crippen MR) is 99.8 cm³/mol. The van der Waals surface area contributed by atoms with Crippen LogP contribution in [0.25, 0.3) is 0 Å². The fraction of sp³-hybridized carbons (Fsp3) is 0.611. The molecule has 1 fully saturated rings. The van der Waals surface area contributed by atoms with Crippen LogP contribution in [0.4, 0.5) is 4.39 Å². The normalized spacial score (nSPS) is 23.0. The number of benzene rings is 1. The van der Waals surface area contributed by atoms with Crippen molar-refractivity contribution in [2.45, 2.75) is 56.2 Å². The number of β-amino-alcohol motifs (C(OH)–C–C–N with tert-alkyl or cyclic N) is 1. The lowest BCUT2D eigenvalue weighted by molar-refractivity contribution is -0.124. The second-order valence-corrected chi connectivity index (χ2v) is 9.32. The number of halogens is 1. The van der Waals surface area contributed by atoms with Crippen molar-refractivity contribution in [3.63, 3.8) is 0 Å². The number of hydrogen-bond acceptors (Lipinski definition) is 5. The average molecular weight is 402 g/mol. The predicted octanol–water partition coefficient (Wildman–Crippen LogP) is 0.829. The third kappa shape index (κ3) is 5.71. The van der Waals surface area contributed by atoms with E-state index in [-0.39, 0.29) is 29.8 Å². The minimum absolute atomic E-state index is 0.0301. The van der Waals surface area contributed by atoms with Crippen molar-refractivity contribution >= 4 is 15.9 Å². The summed E-state index contributed by atoms with van der Waals surface area (Å²) in [6.45, 7) is 3.99. The molecule has 27 heavy (non-hydrogen) atoms. The van der Waals surface area contributed by atoms with E-state index in [1.54, 1.807) is 0 Å². The average Bonchev–Trinajstić information content (AvgIpc) is 2.77. The highest BCUT2D eigenvalue weighted by molar-refractivity contribution is 7.89. The first kappa shape index (κ1) is 21.7. The lowest BCUT2D eigenvalue weighted by Crippen LogP contribution is -2.51. The lowest BCUT2D eigenvalue weighted by Gasteiger charge is -2.26. The number of amides is 1. The molecule has 4 N–H and O–H groups in total. The fourth-order valence-corrected chi connectivity index (χ4v) is 4.65. The molecule has 1 heterocycles. The number of rotatable bonds is 6. The molecule has 0 aliphatic carbocycles. The molecule has 1 aliphatic rings. The van der Waals surface area contributed by atoms with E-state index in [1.807, 2.05) is 13.8 Å². The van der Waals surface area contributed by atoms with Crippen LogP contribution in [0.15, 0.2) is 29.2 Å². The highest BCUT2D eigenvalue weighted by atomic mass is 32.2. The molecule has 1 aromatic rings. The van der Waals surface area contributed by atoms with Gasteiger partial charge in [-0.15, -0.1) is 0 Å². The minimum Gasteiger partial charge on any atom is -0.390 e. The molecule has 1 saturated heterocycles. The Hall–Kier alpha value is -1.55. The van der Waals surface area contributed by atoms with E-state index in [2.05, 4.69) is 5.32 Å². The van der Waals surface area contributed by atoms with Gasteiger partial charge in [-0.25, -0.2) is 12.8 Å². The second kappa shape index (κ2) is 9.09. The number of hydrogen-bond donors (Lipinski definition) is 3. The van der Waals surface area contributed by atoms with Crippen molar-refractivity contribution in [1.82, 2.24) is 9.62 Å². The van der Waals surface area contributed by atoms with Crippen LogP contribution in [0.5, 0.6) is 0 Å². The Kier molecular flexibility index (Phi) is 7.32. The van der Waals surface area contributed by atoms with Crippen molar-refractivity contribution in [3.8, 4) is 0 Å². The standard InChI is InChI=1S/C18H28FN3O4S/c1-12(2)10-15(20)18(24)21-16-4-3-9-22(11-17(16)23)27(25,26)14-7-5-13(19)6-8-14/h5-8,12,15-17,23H,3-4,9-11,20H2,1-2H3,(H,21,24)/t15?,16?,17-/m0/s1. The molecule has 9 heteroatoms. The Labute approximate surface area is 159 Å². The fourth-order valence-electron chi connectivity index (χ4n) is 3.15. The van der Waals surface area contributed by atoms with Crippen molar-refractivity contribution < 1.29 is 22.7 Å². The first-order valence-electron chi connectivity index (χ1n) is 9.11. The number of nitrogens with zero attached hydrogens (tertiary/aromatic N) is 1. The van der Waals surface area contributed by atoms with Gasteiger partial charge in [-0.05, 0) is 49.4 Å². The molecular weight excluding hydrogens is 373 g/mol. The summed E-state index contributed by atoms with van der Waals surface area (Å²) >= 11 is 0. The van der Waals surface area contributed by atoms with Gasteiger partial charge >= 0.3 is 0 Å². The smallest absolute Gasteiger partial charge is 0.243 e. The maximum absolute atomic E-state index is 13.1. The molecule has 2 rings (SSSR count). The summed E-state index contributed by atoms with van der Waals surface area (Å²) in [6.07, 6.45) is 0.385. The molecule has 0 spiro atoms. The van der Waals surface area contributed by atoms with Gasteiger partial charge in [0.2, 0.25) is 15.9 Å². The van der Waals surface area contributed by atoms with E-state index in [1.165, 1.54) is 16.4 Å². The van der Waals surface area contributed by atoms with Crippen LogP contribution in [0.1, 0.15) is 33.1 Å². The maximum atomic E-state index is 13.1. The first-order valence-corrected chi connectivity index (χ1v) is 10.5. The number of aliphatic hydroxyl groups excluding tert-OH is 1. The first-order chi connectivity index (χ1) is 12.6. The molecule has 0 saturated carbocycles. The van der Waals surface area contributed by atoms with Crippen LogP contribution >= 0.6 is 0 Å². The molecule has 1 aliphatic heterocycles. The number of nitrogens with one attached hydrogen (secondary N) is 1. The van der Waals surface area contributed by atoms with E-state index in [0.717, 1.165) is 12.1 Å². The molecule has 0 radical (unpaired) electrons. The summed E-state index contributed by atoms with van der Waals surface area (Å²) in [4.78, 5) is 12.2. The summed E-state index contributed by atoms with van der Waals surface area (Å²) in [6, 6.07) is 3.34. The molecule has 1 aromatic carbocycles. The van der Waals surface area contributed by atoms with Gasteiger partial charge in [0, 0.05) is 13.1 Å². The van der Waals surface area contributed by atoms with E-state index in [0.29, 0.717) is 19.3 Å². The zero-order chi connectivity index (χ0) is 20.2. The van der Waals surface area contributed by atoms with E-state index >= 15 is 0 Å². The van der Waals surface area contributed by atoms with Crippen molar-refractivity contribution in [2.24, 2.45) is 11.7 Å². The summed E-state index contributed by atoms with van der Waals surface area (Å²) in [7, 11) is -3.85. The summed E-state index contributed by atoms with van der Waals surface area (Å²) in [5.41, 5.74) is 5.87. The topological polar surface area (TPSA) is 113 Å². The van der Waals surface area contributed by atoms with Crippen LogP contribution in [-0.2, 0) is 14.8 Å². The minimum atomic E-state index is -3.85. The Balaban J connectivity index is 2.06. The summed E-state index contributed by atoms with van der Waals surface area (Å²) in [5, 5.41) is 13.2. The highest BCUT2D eigenvalue weighted by Gasteiger charge is 2.33. The largest absolute Gasteiger partial charge is 0.390 e. The van der Waals surface area contributed by atoms with Gasteiger partial charge < -0.3 is 16.2 Å². The highest BCUT2D eigenvalue weighted by Crippen LogP contribution is 2.21. The van der Waals surface area contributed by atoms with Gasteiger partial charge in [0.1, 0.15) is 5.82 Å². The molecule has 0 aromatic heterocycles. The second-order valence-electron chi connectivity index (χ2n) is 7.38. The Morgan fingerprint density at radius 1 is 1.37 bits per heavy atom. The molecular formula is C18H28FN3O4S. The van der Waals surface area contributed by atoms with Crippen molar-refractivity contribution in [3.05, 3.63) is 30.1 Å². The molecule has 3 atom stereocenters. The van der Waals surface area contributed by atoms with E-state index in [4.69, 9.17) is 5.73 Å². The number of carbonyl (C=O) groups excluding carboxylic acids is 1. The molecule has 152 valence electrons. The van der Waals surface area contributed by atoms with Crippen LogP contribution in [0, 0.1) is 11.7 Å². The number of nitrogens with two attached hydrogens (primary N) is 1. The van der Waals surface area contributed by atoms with Gasteiger partial charge in [-0.2, -0.15) is 4.31 Å². The van der Waals surface area contributed by atoms with Crippen LogP contribution < -0.4 is 11.1 Å². The Morgan fingerprint density at radius 2 is 2.00 bits per heavy atom. The number of aliphatic hydroxyl groups is 1. The Morgan fingerprint density at radius 3 is 2.59 bits per heavy atom. The molecule has 0 bridgehead atoms. The van der Waals surface area contributed by atoms with Gasteiger partial charge in [-0.3, -0.25) is 4.79 Å². The maximum Gasteiger partial charge on any atom is 0.243 e. The third-order valence-corrected chi connectivity index (χ3v) is 6.50.